The summed E-state index contributed by atoms with van der Waals surface area (Å²) in [4.78, 5) is 16.6. The van der Waals surface area contributed by atoms with Gasteiger partial charge in [-0.2, -0.15) is 0 Å². The molecule has 3 nitrogen and oxygen atoms in total. The van der Waals surface area contributed by atoms with Crippen LogP contribution in [0.2, 0.25) is 0 Å². The summed E-state index contributed by atoms with van der Waals surface area (Å²) >= 11 is 0. The van der Waals surface area contributed by atoms with Gasteiger partial charge in [-0.1, -0.05) is 12.5 Å². The molecule has 76 valence electrons. The smallest absolute Gasteiger partial charge is 0.252 e. The molecule has 1 aromatic rings. The van der Waals surface area contributed by atoms with Gasteiger partial charge in [0.05, 0.1) is 0 Å². The lowest BCUT2D eigenvalue weighted by Gasteiger charge is -2.32. The average molecular weight is 192 g/mol. The molecule has 1 atom stereocenters. The highest BCUT2D eigenvalue weighted by Gasteiger charge is 2.22. The SMILES string of the molecule is CN1CCCC[C@@H]1c1ccc[nH]c1=O. The third-order valence-corrected chi connectivity index (χ3v) is 2.98. The van der Waals surface area contributed by atoms with Crippen LogP contribution >= 0.6 is 0 Å². The molecule has 2 heterocycles. The maximum absolute atomic E-state index is 11.6. The van der Waals surface area contributed by atoms with Gasteiger partial charge in [-0.25, -0.2) is 0 Å². The molecule has 14 heavy (non-hydrogen) atoms. The number of rotatable bonds is 1. The summed E-state index contributed by atoms with van der Waals surface area (Å²) in [5, 5.41) is 0. The lowest BCUT2D eigenvalue weighted by molar-refractivity contribution is 0.186. The van der Waals surface area contributed by atoms with E-state index in [4.69, 9.17) is 0 Å². The Morgan fingerprint density at radius 3 is 3.07 bits per heavy atom. The van der Waals surface area contributed by atoms with E-state index in [1.807, 2.05) is 12.1 Å². The molecule has 1 N–H and O–H groups in total. The summed E-state index contributed by atoms with van der Waals surface area (Å²) in [6.07, 6.45) is 5.26. The topological polar surface area (TPSA) is 36.1 Å². The molecule has 0 bridgehead atoms. The van der Waals surface area contributed by atoms with Crippen molar-refractivity contribution in [1.29, 1.82) is 0 Å². The molecule has 0 saturated carbocycles. The van der Waals surface area contributed by atoms with Crippen molar-refractivity contribution in [2.24, 2.45) is 0 Å². The fourth-order valence-electron chi connectivity index (χ4n) is 2.17. The van der Waals surface area contributed by atoms with Crippen LogP contribution in [-0.4, -0.2) is 23.5 Å². The molecule has 0 radical (unpaired) electrons. The number of hydrogen-bond donors (Lipinski definition) is 1. The number of hydrogen-bond acceptors (Lipinski definition) is 2. The van der Waals surface area contributed by atoms with Crippen LogP contribution < -0.4 is 5.56 Å². The maximum Gasteiger partial charge on any atom is 0.252 e. The molecule has 0 spiro atoms. The van der Waals surface area contributed by atoms with E-state index in [1.165, 1.54) is 12.8 Å². The third kappa shape index (κ3) is 1.73. The summed E-state index contributed by atoms with van der Waals surface area (Å²) in [6.45, 7) is 1.10. The standard InChI is InChI=1S/C11H16N2O/c1-13-8-3-2-6-10(13)9-5-4-7-12-11(9)14/h4-5,7,10H,2-3,6,8H2,1H3,(H,12,14)/t10-/m1/s1. The van der Waals surface area contributed by atoms with E-state index in [2.05, 4.69) is 16.9 Å². The minimum Gasteiger partial charge on any atom is -0.329 e. The molecule has 1 aliphatic heterocycles. The third-order valence-electron chi connectivity index (χ3n) is 2.98. The lowest BCUT2D eigenvalue weighted by atomic mass is 9.97. The summed E-state index contributed by atoms with van der Waals surface area (Å²) in [5.41, 5.74) is 0.973. The van der Waals surface area contributed by atoms with Crippen LogP contribution in [-0.2, 0) is 0 Å². The minimum absolute atomic E-state index is 0.0613. The number of likely N-dealkylation sites (tertiary alicyclic amines) is 1. The first-order valence-corrected chi connectivity index (χ1v) is 5.17. The Bertz CT molecular complexity index is 358. The van der Waals surface area contributed by atoms with E-state index in [-0.39, 0.29) is 5.56 Å². The number of pyridine rings is 1. The highest BCUT2D eigenvalue weighted by molar-refractivity contribution is 5.14. The van der Waals surface area contributed by atoms with Gasteiger partial charge in [0.2, 0.25) is 0 Å². The second kappa shape index (κ2) is 3.96. The summed E-state index contributed by atoms with van der Waals surface area (Å²) in [7, 11) is 2.09. The Morgan fingerprint density at radius 1 is 1.50 bits per heavy atom. The Balaban J connectivity index is 2.29. The number of aromatic amines is 1. The molecule has 1 fully saturated rings. The van der Waals surface area contributed by atoms with E-state index in [0.717, 1.165) is 18.5 Å². The Hall–Kier alpha value is -1.09. The van der Waals surface area contributed by atoms with Crippen molar-refractivity contribution in [3.05, 3.63) is 34.2 Å². The molecule has 3 heteroatoms. The van der Waals surface area contributed by atoms with Gasteiger partial charge in [-0.3, -0.25) is 9.69 Å². The Morgan fingerprint density at radius 2 is 2.36 bits per heavy atom. The molecule has 1 aromatic heterocycles. The van der Waals surface area contributed by atoms with Gasteiger partial charge in [0.15, 0.2) is 0 Å². The highest BCUT2D eigenvalue weighted by atomic mass is 16.1. The number of piperidine rings is 1. The molecular formula is C11H16N2O. The van der Waals surface area contributed by atoms with Crippen molar-refractivity contribution in [3.63, 3.8) is 0 Å². The van der Waals surface area contributed by atoms with Crippen LogP contribution in [0.3, 0.4) is 0 Å². The average Bonchev–Trinajstić information content (AvgIpc) is 2.20. The van der Waals surface area contributed by atoms with Crippen LogP contribution in [0.1, 0.15) is 30.9 Å². The predicted octanol–water partition coefficient (Wildman–Crippen LogP) is 1.53. The van der Waals surface area contributed by atoms with E-state index < -0.39 is 0 Å². The zero-order chi connectivity index (χ0) is 9.97. The van der Waals surface area contributed by atoms with Crippen LogP contribution in [0.5, 0.6) is 0 Å². The van der Waals surface area contributed by atoms with Gasteiger partial charge >= 0.3 is 0 Å². The van der Waals surface area contributed by atoms with Crippen molar-refractivity contribution >= 4 is 0 Å². The molecule has 0 unspecified atom stereocenters. The fraction of sp³-hybridized carbons (Fsp3) is 0.545. The maximum atomic E-state index is 11.6. The predicted molar refractivity (Wildman–Crippen MR) is 56.3 cm³/mol. The Labute approximate surface area is 83.8 Å². The van der Waals surface area contributed by atoms with Gasteiger partial charge in [-0.15, -0.1) is 0 Å². The lowest BCUT2D eigenvalue weighted by Crippen LogP contribution is -2.33. The van der Waals surface area contributed by atoms with Crippen molar-refractivity contribution in [2.75, 3.05) is 13.6 Å². The van der Waals surface area contributed by atoms with Crippen LogP contribution in [0.15, 0.2) is 23.1 Å². The van der Waals surface area contributed by atoms with E-state index in [9.17, 15) is 4.79 Å². The molecule has 2 rings (SSSR count). The summed E-state index contributed by atoms with van der Waals surface area (Å²) in [6, 6.07) is 4.15. The Kier molecular flexibility index (Phi) is 2.68. The largest absolute Gasteiger partial charge is 0.329 e. The number of nitrogens with zero attached hydrogens (tertiary/aromatic N) is 1. The van der Waals surface area contributed by atoms with Crippen LogP contribution in [0, 0.1) is 0 Å². The monoisotopic (exact) mass is 192 g/mol. The quantitative estimate of drug-likeness (QED) is 0.732. The van der Waals surface area contributed by atoms with E-state index in [0.29, 0.717) is 6.04 Å². The summed E-state index contributed by atoms with van der Waals surface area (Å²) in [5.74, 6) is 0. The van der Waals surface area contributed by atoms with Gasteiger partial charge < -0.3 is 4.98 Å². The van der Waals surface area contributed by atoms with Gasteiger partial charge in [0.25, 0.3) is 5.56 Å². The molecule has 0 amide bonds. The van der Waals surface area contributed by atoms with E-state index in [1.54, 1.807) is 6.20 Å². The first kappa shape index (κ1) is 9.46. The zero-order valence-corrected chi connectivity index (χ0v) is 8.49. The van der Waals surface area contributed by atoms with Crippen molar-refractivity contribution in [2.45, 2.75) is 25.3 Å². The van der Waals surface area contributed by atoms with Crippen molar-refractivity contribution in [3.8, 4) is 0 Å². The first-order chi connectivity index (χ1) is 6.79. The van der Waals surface area contributed by atoms with Gasteiger partial charge in [0.1, 0.15) is 0 Å². The highest BCUT2D eigenvalue weighted by Crippen LogP contribution is 2.26. The molecule has 0 aromatic carbocycles. The van der Waals surface area contributed by atoms with Crippen molar-refractivity contribution in [1.82, 2.24) is 9.88 Å². The van der Waals surface area contributed by atoms with Gasteiger partial charge in [-0.05, 0) is 32.5 Å². The first-order valence-electron chi connectivity index (χ1n) is 5.17. The van der Waals surface area contributed by atoms with Gasteiger partial charge in [0, 0.05) is 17.8 Å². The summed E-state index contributed by atoms with van der Waals surface area (Å²) < 4.78 is 0. The fourth-order valence-corrected chi connectivity index (χ4v) is 2.17. The van der Waals surface area contributed by atoms with Crippen LogP contribution in [0.4, 0.5) is 0 Å². The minimum atomic E-state index is 0.0613. The number of H-pyrrole nitrogens is 1. The van der Waals surface area contributed by atoms with Crippen LogP contribution in [0.25, 0.3) is 0 Å². The van der Waals surface area contributed by atoms with Crippen molar-refractivity contribution < 1.29 is 0 Å². The second-order valence-electron chi connectivity index (χ2n) is 3.95. The number of aromatic nitrogens is 1. The molecule has 1 saturated heterocycles. The second-order valence-corrected chi connectivity index (χ2v) is 3.95. The van der Waals surface area contributed by atoms with E-state index >= 15 is 0 Å². The number of nitrogens with one attached hydrogen (secondary N) is 1. The zero-order valence-electron chi connectivity index (χ0n) is 8.49. The normalized spacial score (nSPS) is 23.6. The molecule has 1 aliphatic rings. The molecular weight excluding hydrogens is 176 g/mol. The molecule has 0 aliphatic carbocycles.